The summed E-state index contributed by atoms with van der Waals surface area (Å²) in [6.07, 6.45) is 6.11. The van der Waals surface area contributed by atoms with Gasteiger partial charge in [0.25, 0.3) is 0 Å². The summed E-state index contributed by atoms with van der Waals surface area (Å²) in [6, 6.07) is 12.7. The SMILES string of the molecule is CN=C(NCCN1CCN(c2ncccn2)CC1)NCC1(c2ccccc2)CC1. The van der Waals surface area contributed by atoms with Crippen LogP contribution in [0.5, 0.6) is 0 Å². The second kappa shape index (κ2) is 9.22. The second-order valence-electron chi connectivity index (χ2n) is 7.88. The number of anilines is 1. The van der Waals surface area contributed by atoms with Crippen LogP contribution in [0.2, 0.25) is 0 Å². The van der Waals surface area contributed by atoms with E-state index in [-0.39, 0.29) is 5.41 Å². The van der Waals surface area contributed by atoms with Crippen molar-refractivity contribution in [2.45, 2.75) is 18.3 Å². The van der Waals surface area contributed by atoms with Crippen LogP contribution < -0.4 is 15.5 Å². The molecule has 0 radical (unpaired) electrons. The number of aliphatic imine (C=N–C) groups is 1. The summed E-state index contributed by atoms with van der Waals surface area (Å²) in [4.78, 5) is 17.8. The normalized spacial score (nSPS) is 19.1. The molecule has 4 rings (SSSR count). The number of guanidine groups is 1. The third-order valence-corrected chi connectivity index (χ3v) is 5.99. The van der Waals surface area contributed by atoms with Gasteiger partial charge in [0, 0.05) is 70.7 Å². The minimum atomic E-state index is 0.286. The highest BCUT2D eigenvalue weighted by molar-refractivity contribution is 5.79. The molecule has 2 N–H and O–H groups in total. The first kappa shape index (κ1) is 19.6. The Morgan fingerprint density at radius 2 is 1.72 bits per heavy atom. The lowest BCUT2D eigenvalue weighted by Gasteiger charge is -2.34. The lowest BCUT2D eigenvalue weighted by atomic mass is 9.96. The van der Waals surface area contributed by atoms with Crippen molar-refractivity contribution in [3.05, 3.63) is 54.4 Å². The van der Waals surface area contributed by atoms with Gasteiger partial charge in [0.05, 0.1) is 0 Å². The predicted molar refractivity (Wildman–Crippen MR) is 117 cm³/mol. The third-order valence-electron chi connectivity index (χ3n) is 5.99. The first-order valence-electron chi connectivity index (χ1n) is 10.5. The number of nitrogens with one attached hydrogen (secondary N) is 2. The van der Waals surface area contributed by atoms with Crippen LogP contribution in [0, 0.1) is 0 Å². The molecule has 1 saturated carbocycles. The number of nitrogens with zero attached hydrogens (tertiary/aromatic N) is 5. The number of benzene rings is 1. The summed E-state index contributed by atoms with van der Waals surface area (Å²) in [5.41, 5.74) is 1.72. The smallest absolute Gasteiger partial charge is 0.225 e. The molecular formula is C22H31N7. The fourth-order valence-corrected chi connectivity index (χ4v) is 3.94. The Morgan fingerprint density at radius 3 is 2.38 bits per heavy atom. The van der Waals surface area contributed by atoms with Crippen LogP contribution in [0.1, 0.15) is 18.4 Å². The van der Waals surface area contributed by atoms with Crippen molar-refractivity contribution in [2.24, 2.45) is 4.99 Å². The molecule has 1 saturated heterocycles. The van der Waals surface area contributed by atoms with Crippen molar-refractivity contribution in [1.29, 1.82) is 0 Å². The predicted octanol–water partition coefficient (Wildman–Crippen LogP) is 1.50. The molecule has 0 amide bonds. The molecule has 29 heavy (non-hydrogen) atoms. The van der Waals surface area contributed by atoms with E-state index in [1.807, 2.05) is 13.1 Å². The molecule has 0 bridgehead atoms. The van der Waals surface area contributed by atoms with Crippen LogP contribution in [-0.2, 0) is 5.41 Å². The number of hydrogen-bond acceptors (Lipinski definition) is 5. The van der Waals surface area contributed by atoms with E-state index in [0.29, 0.717) is 0 Å². The molecule has 2 heterocycles. The molecule has 1 aliphatic carbocycles. The van der Waals surface area contributed by atoms with E-state index < -0.39 is 0 Å². The molecule has 0 atom stereocenters. The second-order valence-corrected chi connectivity index (χ2v) is 7.88. The molecule has 0 spiro atoms. The Hall–Kier alpha value is -2.67. The Morgan fingerprint density at radius 1 is 1.00 bits per heavy atom. The lowest BCUT2D eigenvalue weighted by molar-refractivity contribution is 0.260. The number of rotatable bonds is 7. The van der Waals surface area contributed by atoms with Crippen molar-refractivity contribution in [3.63, 3.8) is 0 Å². The summed E-state index contributed by atoms with van der Waals surface area (Å²) in [5.74, 6) is 1.73. The molecule has 7 nitrogen and oxygen atoms in total. The highest BCUT2D eigenvalue weighted by Crippen LogP contribution is 2.47. The summed E-state index contributed by atoms with van der Waals surface area (Å²) in [5, 5.41) is 7.00. The van der Waals surface area contributed by atoms with Crippen molar-refractivity contribution in [1.82, 2.24) is 25.5 Å². The lowest BCUT2D eigenvalue weighted by Crippen LogP contribution is -2.50. The summed E-state index contributed by atoms with van der Waals surface area (Å²) < 4.78 is 0. The molecule has 1 aromatic carbocycles. The highest BCUT2D eigenvalue weighted by Gasteiger charge is 2.43. The van der Waals surface area contributed by atoms with Crippen LogP contribution >= 0.6 is 0 Å². The molecular weight excluding hydrogens is 362 g/mol. The zero-order valence-corrected chi connectivity index (χ0v) is 17.2. The van der Waals surface area contributed by atoms with Crippen LogP contribution in [0.3, 0.4) is 0 Å². The van der Waals surface area contributed by atoms with Crippen LogP contribution in [-0.4, -0.2) is 73.7 Å². The monoisotopic (exact) mass is 393 g/mol. The van der Waals surface area contributed by atoms with E-state index in [1.165, 1.54) is 18.4 Å². The molecule has 2 aromatic rings. The highest BCUT2D eigenvalue weighted by atomic mass is 15.3. The summed E-state index contributed by atoms with van der Waals surface area (Å²) in [7, 11) is 1.84. The topological polar surface area (TPSA) is 68.7 Å². The van der Waals surface area contributed by atoms with Gasteiger partial charge in [-0.3, -0.25) is 9.89 Å². The summed E-state index contributed by atoms with van der Waals surface area (Å²) >= 11 is 0. The van der Waals surface area contributed by atoms with Gasteiger partial charge in [-0.25, -0.2) is 9.97 Å². The molecule has 7 heteroatoms. The summed E-state index contributed by atoms with van der Waals surface area (Å²) in [6.45, 7) is 6.83. The van der Waals surface area contributed by atoms with E-state index in [1.54, 1.807) is 12.4 Å². The van der Waals surface area contributed by atoms with Gasteiger partial charge in [-0.15, -0.1) is 0 Å². The number of aromatic nitrogens is 2. The largest absolute Gasteiger partial charge is 0.356 e. The van der Waals surface area contributed by atoms with Gasteiger partial charge in [0.15, 0.2) is 5.96 Å². The van der Waals surface area contributed by atoms with Crippen molar-refractivity contribution in [2.75, 3.05) is 57.8 Å². The molecule has 0 unspecified atom stereocenters. The minimum absolute atomic E-state index is 0.286. The zero-order chi connectivity index (χ0) is 19.9. The van der Waals surface area contributed by atoms with Gasteiger partial charge in [-0.05, 0) is 24.5 Å². The molecule has 2 aliphatic rings. The quantitative estimate of drug-likeness (QED) is 0.549. The van der Waals surface area contributed by atoms with Crippen molar-refractivity contribution < 1.29 is 0 Å². The van der Waals surface area contributed by atoms with E-state index >= 15 is 0 Å². The van der Waals surface area contributed by atoms with E-state index in [4.69, 9.17) is 0 Å². The maximum atomic E-state index is 4.40. The van der Waals surface area contributed by atoms with Gasteiger partial charge >= 0.3 is 0 Å². The van der Waals surface area contributed by atoms with Crippen LogP contribution in [0.4, 0.5) is 5.95 Å². The minimum Gasteiger partial charge on any atom is -0.356 e. The van der Waals surface area contributed by atoms with E-state index in [2.05, 4.69) is 65.7 Å². The van der Waals surface area contributed by atoms with Gasteiger partial charge < -0.3 is 15.5 Å². The van der Waals surface area contributed by atoms with Gasteiger partial charge in [-0.2, -0.15) is 0 Å². The Bertz CT molecular complexity index is 781. The van der Waals surface area contributed by atoms with Gasteiger partial charge in [0.2, 0.25) is 5.95 Å². The van der Waals surface area contributed by atoms with Crippen LogP contribution in [0.15, 0.2) is 53.8 Å². The van der Waals surface area contributed by atoms with Gasteiger partial charge in [0.1, 0.15) is 0 Å². The first-order chi connectivity index (χ1) is 14.3. The molecule has 2 fully saturated rings. The van der Waals surface area contributed by atoms with E-state index in [0.717, 1.165) is 57.7 Å². The average Bonchev–Trinajstić information content (AvgIpc) is 3.59. The van der Waals surface area contributed by atoms with Crippen LogP contribution in [0.25, 0.3) is 0 Å². The maximum Gasteiger partial charge on any atom is 0.225 e. The van der Waals surface area contributed by atoms with Gasteiger partial charge in [-0.1, -0.05) is 30.3 Å². The van der Waals surface area contributed by atoms with Crippen molar-refractivity contribution >= 4 is 11.9 Å². The molecule has 1 aromatic heterocycles. The molecule has 154 valence electrons. The Labute approximate surface area is 173 Å². The zero-order valence-electron chi connectivity index (χ0n) is 17.2. The first-order valence-corrected chi connectivity index (χ1v) is 10.5. The standard InChI is InChI=1S/C22H31N7/c1-23-20(27-18-22(8-9-22)19-6-3-2-4-7-19)24-12-13-28-14-16-29(17-15-28)21-25-10-5-11-26-21/h2-7,10-11H,8-9,12-18H2,1H3,(H2,23,24,27). The fraction of sp³-hybridized carbons (Fsp3) is 0.500. The van der Waals surface area contributed by atoms with Crippen molar-refractivity contribution in [3.8, 4) is 0 Å². The Kier molecular flexibility index (Phi) is 6.24. The number of piperazine rings is 1. The third kappa shape index (κ3) is 5.03. The maximum absolute atomic E-state index is 4.40. The fourth-order valence-electron chi connectivity index (χ4n) is 3.94. The number of hydrogen-bond donors (Lipinski definition) is 2. The average molecular weight is 394 g/mol. The molecule has 1 aliphatic heterocycles. The van der Waals surface area contributed by atoms with E-state index in [9.17, 15) is 0 Å². The Balaban J connectivity index is 1.17.